The van der Waals surface area contributed by atoms with Crippen LogP contribution in [0, 0.1) is 11.8 Å². The quantitative estimate of drug-likeness (QED) is 0.665. The van der Waals surface area contributed by atoms with Crippen molar-refractivity contribution in [3.63, 3.8) is 0 Å². The first-order chi connectivity index (χ1) is 7.24. The van der Waals surface area contributed by atoms with Crippen molar-refractivity contribution in [2.75, 3.05) is 0 Å². The van der Waals surface area contributed by atoms with E-state index in [2.05, 4.69) is 13.8 Å². The summed E-state index contributed by atoms with van der Waals surface area (Å²) in [5.41, 5.74) is 0. The molecule has 0 bridgehead atoms. The molecular formula is C14H26O. The van der Waals surface area contributed by atoms with Crippen molar-refractivity contribution < 1.29 is 4.74 Å². The van der Waals surface area contributed by atoms with Crippen LogP contribution in [-0.2, 0) is 4.74 Å². The zero-order valence-electron chi connectivity index (χ0n) is 10.4. The SMILES string of the molecule is CC1CCCC(OC2CCCC(C)C2)C1. The van der Waals surface area contributed by atoms with Gasteiger partial charge in [-0.05, 0) is 37.5 Å². The molecule has 0 amide bonds. The molecule has 2 saturated carbocycles. The Morgan fingerprint density at radius 1 is 0.733 bits per heavy atom. The van der Waals surface area contributed by atoms with Crippen molar-refractivity contribution in [2.24, 2.45) is 11.8 Å². The summed E-state index contributed by atoms with van der Waals surface area (Å²) >= 11 is 0. The molecule has 2 aliphatic rings. The van der Waals surface area contributed by atoms with Crippen LogP contribution >= 0.6 is 0 Å². The highest BCUT2D eigenvalue weighted by Gasteiger charge is 2.25. The standard InChI is InChI=1S/C14H26O/c1-11-5-3-7-13(9-11)15-14-8-4-6-12(2)10-14/h11-14H,3-10H2,1-2H3. The molecule has 0 heterocycles. The highest BCUT2D eigenvalue weighted by molar-refractivity contribution is 4.76. The van der Waals surface area contributed by atoms with E-state index >= 15 is 0 Å². The molecule has 0 aliphatic heterocycles. The number of hydrogen-bond donors (Lipinski definition) is 0. The van der Waals surface area contributed by atoms with Crippen molar-refractivity contribution in [3.05, 3.63) is 0 Å². The van der Waals surface area contributed by atoms with Gasteiger partial charge in [-0.2, -0.15) is 0 Å². The fraction of sp³-hybridized carbons (Fsp3) is 1.00. The fourth-order valence-corrected chi connectivity index (χ4v) is 3.28. The van der Waals surface area contributed by atoms with Crippen molar-refractivity contribution in [3.8, 4) is 0 Å². The lowest BCUT2D eigenvalue weighted by molar-refractivity contribution is -0.0600. The molecule has 0 aromatic carbocycles. The van der Waals surface area contributed by atoms with E-state index in [0.29, 0.717) is 12.2 Å². The van der Waals surface area contributed by atoms with Crippen LogP contribution in [0.3, 0.4) is 0 Å². The molecule has 2 fully saturated rings. The monoisotopic (exact) mass is 210 g/mol. The summed E-state index contributed by atoms with van der Waals surface area (Å²) in [6.45, 7) is 4.75. The smallest absolute Gasteiger partial charge is 0.0581 e. The van der Waals surface area contributed by atoms with Crippen LogP contribution < -0.4 is 0 Å². The summed E-state index contributed by atoms with van der Waals surface area (Å²) in [5.74, 6) is 1.79. The Morgan fingerprint density at radius 3 is 1.60 bits per heavy atom. The minimum Gasteiger partial charge on any atom is -0.375 e. The van der Waals surface area contributed by atoms with Gasteiger partial charge in [-0.1, -0.05) is 39.5 Å². The Morgan fingerprint density at radius 2 is 1.20 bits per heavy atom. The average Bonchev–Trinajstić information content (AvgIpc) is 2.17. The third-order valence-corrected chi connectivity index (χ3v) is 4.16. The molecule has 4 atom stereocenters. The van der Waals surface area contributed by atoms with E-state index in [4.69, 9.17) is 4.74 Å². The predicted molar refractivity (Wildman–Crippen MR) is 63.9 cm³/mol. The Hall–Kier alpha value is -0.0400. The average molecular weight is 210 g/mol. The Bertz CT molecular complexity index is 170. The van der Waals surface area contributed by atoms with Gasteiger partial charge in [0.1, 0.15) is 0 Å². The first-order valence-electron chi connectivity index (χ1n) is 6.89. The second kappa shape index (κ2) is 5.34. The lowest BCUT2D eigenvalue weighted by Crippen LogP contribution is -2.30. The molecular weight excluding hydrogens is 184 g/mol. The zero-order chi connectivity index (χ0) is 10.7. The van der Waals surface area contributed by atoms with Gasteiger partial charge in [-0.25, -0.2) is 0 Å². The largest absolute Gasteiger partial charge is 0.375 e. The Kier molecular flexibility index (Phi) is 4.07. The fourth-order valence-electron chi connectivity index (χ4n) is 3.28. The molecule has 0 spiro atoms. The van der Waals surface area contributed by atoms with Crippen molar-refractivity contribution in [2.45, 2.75) is 77.4 Å². The Balaban J connectivity index is 1.75. The molecule has 1 nitrogen and oxygen atoms in total. The minimum atomic E-state index is 0.587. The minimum absolute atomic E-state index is 0.587. The first kappa shape index (κ1) is 11.4. The molecule has 1 heteroatoms. The molecule has 2 aliphatic carbocycles. The molecule has 2 rings (SSSR count). The summed E-state index contributed by atoms with van der Waals surface area (Å²) in [5, 5.41) is 0. The molecule has 4 unspecified atom stereocenters. The third kappa shape index (κ3) is 3.48. The normalized spacial score (nSPS) is 42.8. The van der Waals surface area contributed by atoms with E-state index in [9.17, 15) is 0 Å². The van der Waals surface area contributed by atoms with Gasteiger partial charge in [0.2, 0.25) is 0 Å². The van der Waals surface area contributed by atoms with Crippen LogP contribution in [0.25, 0.3) is 0 Å². The maximum Gasteiger partial charge on any atom is 0.0581 e. The summed E-state index contributed by atoms with van der Waals surface area (Å²) in [7, 11) is 0. The van der Waals surface area contributed by atoms with Gasteiger partial charge in [0.05, 0.1) is 12.2 Å². The van der Waals surface area contributed by atoms with E-state index in [-0.39, 0.29) is 0 Å². The number of hydrogen-bond acceptors (Lipinski definition) is 1. The first-order valence-corrected chi connectivity index (χ1v) is 6.89. The zero-order valence-corrected chi connectivity index (χ0v) is 10.4. The van der Waals surface area contributed by atoms with E-state index in [1.165, 1.54) is 51.4 Å². The van der Waals surface area contributed by atoms with Gasteiger partial charge in [0, 0.05) is 0 Å². The predicted octanol–water partition coefficient (Wildman–Crippen LogP) is 4.16. The van der Waals surface area contributed by atoms with Crippen LogP contribution in [0.5, 0.6) is 0 Å². The van der Waals surface area contributed by atoms with E-state index < -0.39 is 0 Å². The topological polar surface area (TPSA) is 9.23 Å². The van der Waals surface area contributed by atoms with Gasteiger partial charge in [-0.15, -0.1) is 0 Å². The number of rotatable bonds is 2. The molecule has 0 aromatic rings. The number of ether oxygens (including phenoxy) is 1. The van der Waals surface area contributed by atoms with E-state index in [1.54, 1.807) is 0 Å². The van der Waals surface area contributed by atoms with Crippen molar-refractivity contribution in [1.82, 2.24) is 0 Å². The molecule has 0 aromatic heterocycles. The summed E-state index contributed by atoms with van der Waals surface area (Å²) in [4.78, 5) is 0. The lowest BCUT2D eigenvalue weighted by Gasteiger charge is -2.34. The summed E-state index contributed by atoms with van der Waals surface area (Å²) in [6.07, 6.45) is 12.0. The molecule has 0 radical (unpaired) electrons. The van der Waals surface area contributed by atoms with E-state index in [0.717, 1.165) is 11.8 Å². The van der Waals surface area contributed by atoms with Gasteiger partial charge in [0.25, 0.3) is 0 Å². The second-order valence-corrected chi connectivity index (χ2v) is 5.92. The van der Waals surface area contributed by atoms with E-state index in [1.807, 2.05) is 0 Å². The summed E-state index contributed by atoms with van der Waals surface area (Å²) < 4.78 is 6.27. The highest BCUT2D eigenvalue weighted by atomic mass is 16.5. The Labute approximate surface area is 94.6 Å². The van der Waals surface area contributed by atoms with Crippen molar-refractivity contribution in [1.29, 1.82) is 0 Å². The van der Waals surface area contributed by atoms with Crippen LogP contribution in [-0.4, -0.2) is 12.2 Å². The molecule has 0 saturated heterocycles. The van der Waals surface area contributed by atoms with Crippen LogP contribution in [0.15, 0.2) is 0 Å². The van der Waals surface area contributed by atoms with Gasteiger partial charge in [0.15, 0.2) is 0 Å². The van der Waals surface area contributed by atoms with Gasteiger partial charge in [-0.3, -0.25) is 0 Å². The maximum absolute atomic E-state index is 6.27. The molecule has 15 heavy (non-hydrogen) atoms. The van der Waals surface area contributed by atoms with Gasteiger partial charge >= 0.3 is 0 Å². The molecule has 0 N–H and O–H groups in total. The van der Waals surface area contributed by atoms with Crippen LogP contribution in [0.4, 0.5) is 0 Å². The molecule has 88 valence electrons. The summed E-state index contributed by atoms with van der Waals surface area (Å²) in [6, 6.07) is 0. The van der Waals surface area contributed by atoms with Crippen LogP contribution in [0.2, 0.25) is 0 Å². The second-order valence-electron chi connectivity index (χ2n) is 5.92. The third-order valence-electron chi connectivity index (χ3n) is 4.16. The van der Waals surface area contributed by atoms with Crippen LogP contribution in [0.1, 0.15) is 65.2 Å². The highest BCUT2D eigenvalue weighted by Crippen LogP contribution is 2.31. The van der Waals surface area contributed by atoms with Gasteiger partial charge < -0.3 is 4.74 Å². The maximum atomic E-state index is 6.27. The van der Waals surface area contributed by atoms with Crippen molar-refractivity contribution >= 4 is 0 Å². The lowest BCUT2D eigenvalue weighted by atomic mass is 9.86.